The summed E-state index contributed by atoms with van der Waals surface area (Å²) in [4.78, 5) is 4.46. The molecule has 0 aromatic heterocycles. The summed E-state index contributed by atoms with van der Waals surface area (Å²) >= 11 is 0. The highest BCUT2D eigenvalue weighted by Crippen LogP contribution is 2.24. The molecular formula is C14H18N4O3S. The first-order chi connectivity index (χ1) is 10.4. The summed E-state index contributed by atoms with van der Waals surface area (Å²) in [5, 5.41) is 6.86. The second-order valence-corrected chi connectivity index (χ2v) is 6.24. The average Bonchev–Trinajstić information content (AvgIpc) is 2.91. The molecule has 0 amide bonds. The van der Waals surface area contributed by atoms with Gasteiger partial charge in [-0.05, 0) is 36.8 Å². The van der Waals surface area contributed by atoms with Gasteiger partial charge >= 0.3 is 6.02 Å². The molecule has 1 unspecified atom stereocenters. The van der Waals surface area contributed by atoms with Gasteiger partial charge in [0, 0.05) is 0 Å². The first-order valence-corrected chi connectivity index (χ1v) is 8.01. The smallest absolute Gasteiger partial charge is 0.306 e. The predicted octanol–water partition coefficient (Wildman–Crippen LogP) is 1.12. The molecule has 3 N–H and O–H groups in total. The molecule has 1 aliphatic heterocycles. The van der Waals surface area contributed by atoms with Crippen LogP contribution in [0.5, 0.6) is 0 Å². The van der Waals surface area contributed by atoms with Crippen LogP contribution in [-0.4, -0.2) is 27.7 Å². The fraction of sp³-hybridized carbons (Fsp3) is 0.214. The molecular weight excluding hydrogens is 304 g/mol. The number of primary sulfonamides is 1. The molecule has 1 aromatic carbocycles. The van der Waals surface area contributed by atoms with Gasteiger partial charge in [-0.2, -0.15) is 0 Å². The third kappa shape index (κ3) is 3.29. The number of hydrogen-bond donors (Lipinski definition) is 2. The van der Waals surface area contributed by atoms with E-state index in [-0.39, 0.29) is 11.1 Å². The normalized spacial score (nSPS) is 18.7. The minimum atomic E-state index is -3.71. The van der Waals surface area contributed by atoms with E-state index in [1.807, 2.05) is 13.0 Å². The zero-order valence-electron chi connectivity index (χ0n) is 12.4. The van der Waals surface area contributed by atoms with Crippen LogP contribution in [0.4, 0.5) is 5.69 Å². The predicted molar refractivity (Wildman–Crippen MR) is 85.6 cm³/mol. The standard InChI is InChI=1S/C14H18N4O3S/c1-4-5-10(2)13-16-14(21-3)17-18(13)11-6-8-12(9-7-11)22(15,19)20/h4-9,13H,1H2,2-3H3,(H,16,17)(H2,15,19,20)/b10-5+. The van der Waals surface area contributed by atoms with E-state index in [1.165, 1.54) is 19.2 Å². The van der Waals surface area contributed by atoms with Crippen LogP contribution >= 0.6 is 0 Å². The molecule has 1 atom stereocenters. The van der Waals surface area contributed by atoms with Crippen molar-refractivity contribution in [2.45, 2.75) is 18.0 Å². The molecule has 0 radical (unpaired) electrons. The molecule has 0 saturated carbocycles. The maximum Gasteiger partial charge on any atom is 0.306 e. The van der Waals surface area contributed by atoms with Crippen molar-refractivity contribution in [1.82, 2.24) is 5.43 Å². The highest BCUT2D eigenvalue weighted by molar-refractivity contribution is 7.89. The van der Waals surface area contributed by atoms with E-state index < -0.39 is 10.0 Å². The van der Waals surface area contributed by atoms with Crippen LogP contribution in [0.3, 0.4) is 0 Å². The molecule has 0 bridgehead atoms. The number of anilines is 1. The second kappa shape index (κ2) is 6.20. The lowest BCUT2D eigenvalue weighted by Crippen LogP contribution is -2.42. The summed E-state index contributed by atoms with van der Waals surface area (Å²) < 4.78 is 27.7. The van der Waals surface area contributed by atoms with Crippen molar-refractivity contribution >= 4 is 21.7 Å². The van der Waals surface area contributed by atoms with Crippen molar-refractivity contribution < 1.29 is 13.2 Å². The van der Waals surface area contributed by atoms with E-state index in [2.05, 4.69) is 17.0 Å². The summed E-state index contributed by atoms with van der Waals surface area (Å²) in [6, 6.07) is 6.56. The summed E-state index contributed by atoms with van der Waals surface area (Å²) in [5.74, 6) is 0. The maximum absolute atomic E-state index is 11.3. The number of benzene rings is 1. The van der Waals surface area contributed by atoms with Crippen molar-refractivity contribution in [1.29, 1.82) is 0 Å². The van der Waals surface area contributed by atoms with Gasteiger partial charge in [0.05, 0.1) is 17.7 Å². The van der Waals surface area contributed by atoms with Crippen LogP contribution in [0.15, 0.2) is 58.5 Å². The summed E-state index contributed by atoms with van der Waals surface area (Å²) in [6.45, 7) is 5.59. The Kier molecular flexibility index (Phi) is 4.53. The van der Waals surface area contributed by atoms with E-state index in [1.54, 1.807) is 23.2 Å². The monoisotopic (exact) mass is 322 g/mol. The Morgan fingerprint density at radius 2 is 2.09 bits per heavy atom. The van der Waals surface area contributed by atoms with Crippen LogP contribution < -0.4 is 15.6 Å². The SMILES string of the molecule is C=C/C=C(\C)C1N=C(OC)NN1c1ccc(S(N)(=O)=O)cc1. The third-order valence-corrected chi connectivity index (χ3v) is 4.05. The molecule has 0 fully saturated rings. The number of hydrazine groups is 1. The van der Waals surface area contributed by atoms with E-state index >= 15 is 0 Å². The molecule has 1 aliphatic rings. The van der Waals surface area contributed by atoms with Crippen molar-refractivity contribution in [3.05, 3.63) is 48.6 Å². The number of allylic oxidation sites excluding steroid dienone is 2. The van der Waals surface area contributed by atoms with Crippen LogP contribution in [0.1, 0.15) is 6.92 Å². The summed E-state index contributed by atoms with van der Waals surface area (Å²) in [6.07, 6.45) is 3.21. The van der Waals surface area contributed by atoms with Crippen molar-refractivity contribution in [3.8, 4) is 0 Å². The van der Waals surface area contributed by atoms with E-state index in [9.17, 15) is 8.42 Å². The Morgan fingerprint density at radius 3 is 2.59 bits per heavy atom. The zero-order chi connectivity index (χ0) is 16.3. The molecule has 0 spiro atoms. The van der Waals surface area contributed by atoms with Gasteiger partial charge in [0.2, 0.25) is 10.0 Å². The Bertz CT molecular complexity index is 723. The van der Waals surface area contributed by atoms with Gasteiger partial charge in [-0.15, -0.1) is 0 Å². The number of aliphatic imine (C=N–C) groups is 1. The van der Waals surface area contributed by atoms with Crippen LogP contribution in [-0.2, 0) is 14.8 Å². The number of sulfonamides is 1. The molecule has 0 saturated heterocycles. The maximum atomic E-state index is 11.3. The minimum Gasteiger partial charge on any atom is -0.467 e. The molecule has 22 heavy (non-hydrogen) atoms. The number of ether oxygens (including phenoxy) is 1. The number of hydrogen-bond acceptors (Lipinski definition) is 6. The Morgan fingerprint density at radius 1 is 1.45 bits per heavy atom. The average molecular weight is 322 g/mol. The van der Waals surface area contributed by atoms with Gasteiger partial charge in [0.15, 0.2) is 6.17 Å². The molecule has 1 heterocycles. The van der Waals surface area contributed by atoms with Gasteiger partial charge in [0.25, 0.3) is 0 Å². The summed E-state index contributed by atoms with van der Waals surface area (Å²) in [5.41, 5.74) is 4.69. The molecule has 7 nitrogen and oxygen atoms in total. The summed E-state index contributed by atoms with van der Waals surface area (Å²) in [7, 11) is -2.20. The van der Waals surface area contributed by atoms with Crippen LogP contribution in [0, 0.1) is 0 Å². The quantitative estimate of drug-likeness (QED) is 0.810. The number of nitrogens with one attached hydrogen (secondary N) is 1. The lowest BCUT2D eigenvalue weighted by Gasteiger charge is -2.25. The topological polar surface area (TPSA) is 97.0 Å². The van der Waals surface area contributed by atoms with Crippen molar-refractivity contribution in [2.75, 3.05) is 12.1 Å². The van der Waals surface area contributed by atoms with E-state index in [0.29, 0.717) is 6.02 Å². The highest BCUT2D eigenvalue weighted by Gasteiger charge is 2.28. The number of nitrogens with two attached hydrogens (primary N) is 1. The minimum absolute atomic E-state index is 0.0539. The first kappa shape index (κ1) is 16.1. The number of nitrogens with zero attached hydrogens (tertiary/aromatic N) is 2. The fourth-order valence-electron chi connectivity index (χ4n) is 2.04. The van der Waals surface area contributed by atoms with Gasteiger partial charge in [-0.1, -0.05) is 18.7 Å². The Hall–Kier alpha value is -2.32. The van der Waals surface area contributed by atoms with Crippen molar-refractivity contribution in [3.63, 3.8) is 0 Å². The highest BCUT2D eigenvalue weighted by atomic mass is 32.2. The molecule has 0 aliphatic carbocycles. The van der Waals surface area contributed by atoms with Crippen LogP contribution in [0.25, 0.3) is 0 Å². The Balaban J connectivity index is 2.34. The van der Waals surface area contributed by atoms with Gasteiger partial charge in [0.1, 0.15) is 0 Å². The van der Waals surface area contributed by atoms with Gasteiger partial charge < -0.3 is 4.74 Å². The first-order valence-electron chi connectivity index (χ1n) is 6.46. The third-order valence-electron chi connectivity index (χ3n) is 3.12. The second-order valence-electron chi connectivity index (χ2n) is 4.68. The molecule has 1 aromatic rings. The van der Waals surface area contributed by atoms with Crippen molar-refractivity contribution in [2.24, 2.45) is 10.1 Å². The number of methoxy groups -OCH3 is 1. The van der Waals surface area contributed by atoms with Gasteiger partial charge in [-0.25, -0.2) is 24.0 Å². The zero-order valence-corrected chi connectivity index (χ0v) is 13.2. The number of rotatable bonds is 4. The molecule has 2 rings (SSSR count). The lowest BCUT2D eigenvalue weighted by molar-refractivity contribution is 0.386. The lowest BCUT2D eigenvalue weighted by atomic mass is 10.2. The Labute approximate surface area is 129 Å². The van der Waals surface area contributed by atoms with Crippen LogP contribution in [0.2, 0.25) is 0 Å². The fourth-order valence-corrected chi connectivity index (χ4v) is 2.56. The van der Waals surface area contributed by atoms with E-state index in [0.717, 1.165) is 11.3 Å². The largest absolute Gasteiger partial charge is 0.467 e. The number of amidine groups is 1. The molecule has 118 valence electrons. The van der Waals surface area contributed by atoms with Gasteiger partial charge in [-0.3, -0.25) is 5.01 Å². The van der Waals surface area contributed by atoms with E-state index in [4.69, 9.17) is 9.88 Å². The molecule has 8 heteroatoms.